The number of esters is 5. The van der Waals surface area contributed by atoms with Crippen LogP contribution in [0, 0.1) is 29.1 Å². The van der Waals surface area contributed by atoms with Crippen molar-refractivity contribution in [2.24, 2.45) is 0 Å². The number of hydrogen-bond donors (Lipinski definition) is 0. The number of halogens is 10. The zero-order valence-corrected chi connectivity index (χ0v) is 57.9. The number of rotatable bonds is 15. The fourth-order valence-corrected chi connectivity index (χ4v) is 8.57. The van der Waals surface area contributed by atoms with Crippen molar-refractivity contribution in [3.8, 4) is 28.7 Å². The van der Waals surface area contributed by atoms with E-state index < -0.39 is 58.9 Å². The fraction of sp³-hybridized carbons (Fsp3) is 0.133. The van der Waals surface area contributed by atoms with Crippen molar-refractivity contribution >= 4 is 93.0 Å². The average molecular weight is 1480 g/mol. The van der Waals surface area contributed by atoms with Crippen molar-refractivity contribution in [3.05, 3.63) is 297 Å². The van der Waals surface area contributed by atoms with E-state index in [-0.39, 0.29) is 76.7 Å². The van der Waals surface area contributed by atoms with Crippen LogP contribution in [0.4, 0.5) is 45.5 Å². The number of hydrogen-bond acceptors (Lipinski definition) is 10. The smallest absolute Gasteiger partial charge is 0.343 e. The molecule has 0 atom stereocenters. The molecule has 0 aliphatic carbocycles. The van der Waals surface area contributed by atoms with Gasteiger partial charge in [0.05, 0.1) is 52.3 Å². The summed E-state index contributed by atoms with van der Waals surface area (Å²) in [5.74, 6) is -4.67. The highest BCUT2D eigenvalue weighted by Gasteiger charge is 2.16. The third kappa shape index (κ3) is 27.7. The summed E-state index contributed by atoms with van der Waals surface area (Å²) in [6.07, 6.45) is 4.52. The summed E-state index contributed by atoms with van der Waals surface area (Å²) >= 11 is 23.7. The Hall–Kier alpha value is -10.1. The van der Waals surface area contributed by atoms with Gasteiger partial charge in [-0.25, -0.2) is 45.9 Å². The van der Waals surface area contributed by atoms with Crippen LogP contribution in [0.2, 0.25) is 0 Å². The standard InChI is InChI=1S/5C15H12FO2S.5FH/c5*1-2-10-3-5-11(6-4-10)15(17)18-12-7-8-14(19)13(16)9-12;;;;;/h5*3-9H,2H2,1H3;5*1H. The summed E-state index contributed by atoms with van der Waals surface area (Å²) in [7, 11) is 0. The number of benzene rings is 10. The van der Waals surface area contributed by atoms with Gasteiger partial charge in [-0.3, -0.25) is 23.5 Å². The molecule has 0 aliphatic heterocycles. The van der Waals surface area contributed by atoms with E-state index in [0.717, 1.165) is 90.3 Å². The molecule has 5 radical (unpaired) electrons. The van der Waals surface area contributed by atoms with Crippen LogP contribution in [0.5, 0.6) is 28.7 Å². The van der Waals surface area contributed by atoms with Gasteiger partial charge in [0.2, 0.25) is 0 Å². The van der Waals surface area contributed by atoms with E-state index in [1.165, 1.54) is 60.7 Å². The van der Waals surface area contributed by atoms with Crippen molar-refractivity contribution in [2.45, 2.75) is 91.2 Å². The quantitative estimate of drug-likeness (QED) is 0.0555. The summed E-state index contributed by atoms with van der Waals surface area (Å²) < 4.78 is 91.6. The molecular formula is C75H65F10O10S5. The summed E-state index contributed by atoms with van der Waals surface area (Å²) in [6, 6.07) is 55.5. The lowest BCUT2D eigenvalue weighted by molar-refractivity contribution is 0.0724. The van der Waals surface area contributed by atoms with Crippen LogP contribution in [0.25, 0.3) is 0 Å². The number of carbonyl (C=O) groups excluding carboxylic acids is 5. The normalized spacial score (nSPS) is 9.70. The molecule has 10 rings (SSSR count). The highest BCUT2D eigenvalue weighted by molar-refractivity contribution is 7.81. The number of carbonyl (C=O) groups is 5. The maximum absolute atomic E-state index is 13.2. The van der Waals surface area contributed by atoms with Gasteiger partial charge in [0, 0.05) is 30.3 Å². The van der Waals surface area contributed by atoms with Gasteiger partial charge in [-0.2, -0.15) is 0 Å². The molecule has 0 N–H and O–H groups in total. The van der Waals surface area contributed by atoms with Gasteiger partial charge in [0.15, 0.2) is 0 Å². The Morgan fingerprint density at radius 3 is 0.480 bits per heavy atom. The Morgan fingerprint density at radius 1 is 0.240 bits per heavy atom. The Bertz CT molecular complexity index is 3620. The van der Waals surface area contributed by atoms with Crippen LogP contribution in [0.3, 0.4) is 0 Å². The van der Waals surface area contributed by atoms with Crippen LogP contribution in [-0.4, -0.2) is 29.8 Å². The Balaban J connectivity index is 0.000000617. The molecule has 0 saturated heterocycles. The highest BCUT2D eigenvalue weighted by atomic mass is 32.1. The number of aryl methyl sites for hydroxylation is 5. The molecule has 25 heteroatoms. The molecule has 100 heavy (non-hydrogen) atoms. The lowest BCUT2D eigenvalue weighted by Gasteiger charge is -2.05. The molecule has 0 saturated carbocycles. The van der Waals surface area contributed by atoms with Crippen LogP contribution in [0.1, 0.15) is 114 Å². The average Bonchev–Trinajstić information content (AvgIpc) is 0.886. The molecule has 525 valence electrons. The fourth-order valence-electron chi connectivity index (χ4n) is 7.94. The second-order valence-electron chi connectivity index (χ2n) is 20.2. The first-order chi connectivity index (χ1) is 45.5. The predicted octanol–water partition coefficient (Wildman–Crippen LogP) is 21.6. The van der Waals surface area contributed by atoms with Gasteiger partial charge in [0.1, 0.15) is 57.8 Å². The van der Waals surface area contributed by atoms with Crippen molar-refractivity contribution in [1.82, 2.24) is 0 Å². The van der Waals surface area contributed by atoms with E-state index in [0.29, 0.717) is 27.8 Å². The molecule has 10 aromatic carbocycles. The van der Waals surface area contributed by atoms with Gasteiger partial charge < -0.3 is 23.7 Å². The SMILES string of the molecule is CCc1ccc(C(=O)Oc2ccc([S])c(F)c2)cc1.CCc1ccc(C(=O)Oc2ccc([S])c(F)c2)cc1.CCc1ccc(C(=O)Oc2ccc([S])c(F)c2)cc1.CCc1ccc(C(=O)Oc2ccc([S])c(F)c2)cc1.CCc1ccc(C(=O)Oc2ccc([S])c(F)c2)cc1.F.F.F.F.F. The first-order valence-corrected chi connectivity index (χ1v) is 31.4. The van der Waals surface area contributed by atoms with Crippen LogP contribution in [-0.2, 0) is 32.1 Å². The predicted molar refractivity (Wildman–Crippen MR) is 378 cm³/mol. The molecule has 0 heterocycles. The maximum Gasteiger partial charge on any atom is 0.343 e. The molecule has 0 amide bonds. The molecule has 0 fully saturated rings. The molecule has 0 aliphatic rings. The van der Waals surface area contributed by atoms with Gasteiger partial charge in [-0.1, -0.05) is 158 Å². The molecule has 0 bridgehead atoms. The van der Waals surface area contributed by atoms with Crippen LogP contribution >= 0.6 is 63.1 Å². The zero-order valence-electron chi connectivity index (χ0n) is 53.8. The van der Waals surface area contributed by atoms with Crippen LogP contribution in [0.15, 0.2) is 237 Å². The Labute approximate surface area is 599 Å². The summed E-state index contributed by atoms with van der Waals surface area (Å²) in [5, 5.41) is 0. The number of ether oxygens (including phenoxy) is 5. The third-order valence-electron chi connectivity index (χ3n) is 13.6. The minimum Gasteiger partial charge on any atom is -0.423 e. The molecular weight excluding hydrogens is 1410 g/mol. The maximum atomic E-state index is 13.2. The second-order valence-corrected chi connectivity index (χ2v) is 22.4. The minimum absolute atomic E-state index is 0. The highest BCUT2D eigenvalue weighted by Crippen LogP contribution is 2.26. The summed E-state index contributed by atoms with van der Waals surface area (Å²) in [6.45, 7) is 10.2. The van der Waals surface area contributed by atoms with Gasteiger partial charge in [-0.05, 0) is 181 Å². The zero-order chi connectivity index (χ0) is 69.1. The Kier molecular flexibility index (Phi) is 38.8. The monoisotopic (exact) mass is 1480 g/mol. The Morgan fingerprint density at radius 2 is 0.370 bits per heavy atom. The van der Waals surface area contributed by atoms with E-state index in [1.54, 1.807) is 60.7 Å². The molecule has 0 aromatic heterocycles. The summed E-state index contributed by atoms with van der Waals surface area (Å²) in [5.41, 5.74) is 7.84. The topological polar surface area (TPSA) is 132 Å². The van der Waals surface area contributed by atoms with Crippen molar-refractivity contribution in [3.63, 3.8) is 0 Å². The van der Waals surface area contributed by atoms with Gasteiger partial charge >= 0.3 is 29.8 Å². The molecule has 0 unspecified atom stereocenters. The van der Waals surface area contributed by atoms with Crippen molar-refractivity contribution < 1.29 is 93.1 Å². The van der Waals surface area contributed by atoms with Crippen molar-refractivity contribution in [2.75, 3.05) is 0 Å². The largest absolute Gasteiger partial charge is 0.423 e. The first-order valence-electron chi connectivity index (χ1n) is 29.4. The summed E-state index contributed by atoms with van der Waals surface area (Å²) in [4.78, 5) is 59.7. The van der Waals surface area contributed by atoms with Crippen molar-refractivity contribution in [1.29, 1.82) is 0 Å². The molecule has 10 aromatic rings. The van der Waals surface area contributed by atoms with E-state index in [4.69, 9.17) is 86.8 Å². The van der Waals surface area contributed by atoms with Gasteiger partial charge in [0.25, 0.3) is 0 Å². The van der Waals surface area contributed by atoms with Crippen LogP contribution < -0.4 is 23.7 Å². The van der Waals surface area contributed by atoms with E-state index in [2.05, 4.69) is 0 Å². The van der Waals surface area contributed by atoms with E-state index in [9.17, 15) is 45.9 Å². The van der Waals surface area contributed by atoms with Gasteiger partial charge in [-0.15, -0.1) is 0 Å². The lowest BCUT2D eigenvalue weighted by atomic mass is 10.1. The van der Waals surface area contributed by atoms with E-state index >= 15 is 0 Å². The minimum atomic E-state index is -0.568. The molecule has 0 spiro atoms. The van der Waals surface area contributed by atoms with E-state index in [1.807, 2.05) is 95.3 Å². The second kappa shape index (κ2) is 44.1. The third-order valence-corrected chi connectivity index (χ3v) is 15.2. The first kappa shape index (κ1) is 88.0. The molecule has 10 nitrogen and oxygen atoms in total. The lowest BCUT2D eigenvalue weighted by Crippen LogP contribution is -2.08.